The molecular weight excluding hydrogens is 687 g/mol. The quantitative estimate of drug-likeness (QED) is 0.170. The third-order valence-electron chi connectivity index (χ3n) is 11.0. The summed E-state index contributed by atoms with van der Waals surface area (Å²) in [6, 6.07) is 70.0. The van der Waals surface area contributed by atoms with Crippen molar-refractivity contribution in [3.05, 3.63) is 233 Å². The molecule has 57 heavy (non-hydrogen) atoms. The Balaban J connectivity index is 0.000000257. The van der Waals surface area contributed by atoms with Gasteiger partial charge in [-0.05, 0) is 116 Å². The van der Waals surface area contributed by atoms with Crippen molar-refractivity contribution in [3.63, 3.8) is 0 Å². The molecule has 0 fully saturated rings. The summed E-state index contributed by atoms with van der Waals surface area (Å²) >= 11 is 0. The predicted molar refractivity (Wildman–Crippen MR) is 246 cm³/mol. The minimum atomic E-state index is -0.0116. The van der Waals surface area contributed by atoms with Crippen LogP contribution in [0.25, 0.3) is 33.4 Å². The number of hydrogen-bond acceptors (Lipinski definition) is 1. The second kappa shape index (κ2) is 17.1. The van der Waals surface area contributed by atoms with Crippen molar-refractivity contribution >= 4 is 17.1 Å². The maximum absolute atomic E-state index is 2.38. The van der Waals surface area contributed by atoms with Crippen molar-refractivity contribution in [2.45, 2.75) is 53.9 Å². The molecule has 282 valence electrons. The van der Waals surface area contributed by atoms with E-state index in [0.717, 1.165) is 17.1 Å². The van der Waals surface area contributed by atoms with Crippen LogP contribution in [0, 0.1) is 34.6 Å². The largest absolute Gasteiger partial charge is 0.310 e. The van der Waals surface area contributed by atoms with E-state index < -0.39 is 0 Å². The molecule has 1 aliphatic rings. The molecule has 0 bridgehead atoms. The van der Waals surface area contributed by atoms with E-state index in [4.69, 9.17) is 0 Å². The maximum Gasteiger partial charge on any atom is 0.0468 e. The molecule has 8 aromatic rings. The highest BCUT2D eigenvalue weighted by Gasteiger charge is 2.35. The fourth-order valence-electron chi connectivity index (χ4n) is 7.55. The van der Waals surface area contributed by atoms with E-state index in [9.17, 15) is 0 Å². The van der Waals surface area contributed by atoms with Gasteiger partial charge in [-0.15, -0.1) is 0 Å². The fraction of sp³-hybridized carbons (Fsp3) is 0.143. The lowest BCUT2D eigenvalue weighted by Gasteiger charge is -2.27. The second-order valence-electron chi connectivity index (χ2n) is 15.9. The van der Waals surface area contributed by atoms with Crippen molar-refractivity contribution in [3.8, 4) is 33.4 Å². The van der Waals surface area contributed by atoms with Crippen molar-refractivity contribution in [2.24, 2.45) is 0 Å². The van der Waals surface area contributed by atoms with Crippen LogP contribution in [0.2, 0.25) is 0 Å². The molecule has 0 saturated carbocycles. The molecule has 0 aromatic heterocycles. The lowest BCUT2D eigenvalue weighted by atomic mass is 9.82. The number of benzene rings is 8. The van der Waals surface area contributed by atoms with E-state index in [1.807, 2.05) is 0 Å². The van der Waals surface area contributed by atoms with Crippen LogP contribution in [0.1, 0.15) is 52.8 Å². The summed E-state index contributed by atoms with van der Waals surface area (Å²) in [5, 5.41) is 0. The van der Waals surface area contributed by atoms with Crippen molar-refractivity contribution < 1.29 is 0 Å². The first-order chi connectivity index (χ1) is 27.6. The van der Waals surface area contributed by atoms with Gasteiger partial charge >= 0.3 is 0 Å². The van der Waals surface area contributed by atoms with Crippen molar-refractivity contribution in [2.75, 3.05) is 4.90 Å². The Kier molecular flexibility index (Phi) is 11.7. The molecule has 8 aromatic carbocycles. The van der Waals surface area contributed by atoms with Crippen molar-refractivity contribution in [1.29, 1.82) is 0 Å². The van der Waals surface area contributed by atoms with E-state index in [2.05, 4.69) is 247 Å². The van der Waals surface area contributed by atoms with Gasteiger partial charge in [0.15, 0.2) is 0 Å². The van der Waals surface area contributed by atoms with Crippen LogP contribution in [0.15, 0.2) is 194 Å². The number of rotatable bonds is 5. The highest BCUT2D eigenvalue weighted by atomic mass is 15.1. The highest BCUT2D eigenvalue weighted by molar-refractivity contribution is 5.87. The summed E-state index contributed by atoms with van der Waals surface area (Å²) < 4.78 is 0. The standard InChI is InChI=1S/C40H33N.2C8H10/c1-28-13-15-30(16-14-28)32-19-23-34(24-20-32)41(33-21-17-31(18-22-33)29-9-5-4-6-10-29)35-25-26-39-37(27-35)36-11-7-8-12-38(36)40(39,2)3;2*1-7-3-5-8(2)6-4-7/h4-27H,1-3H3;2*3-6H,1-2H3. The van der Waals surface area contributed by atoms with Gasteiger partial charge in [-0.3, -0.25) is 0 Å². The molecular formula is C56H53N. The first-order valence-corrected chi connectivity index (χ1v) is 20.0. The van der Waals surface area contributed by atoms with Gasteiger partial charge in [-0.25, -0.2) is 0 Å². The van der Waals surface area contributed by atoms with E-state index >= 15 is 0 Å². The van der Waals surface area contributed by atoms with Gasteiger partial charge in [-0.1, -0.05) is 199 Å². The summed E-state index contributed by atoms with van der Waals surface area (Å²) in [6.45, 7) is 15.2. The Morgan fingerprint density at radius 1 is 0.298 bits per heavy atom. The Bertz CT molecular complexity index is 2440. The summed E-state index contributed by atoms with van der Waals surface area (Å²) in [5.41, 5.74) is 20.4. The Labute approximate surface area is 341 Å². The minimum absolute atomic E-state index is 0.0116. The van der Waals surface area contributed by atoms with Gasteiger partial charge in [0.05, 0.1) is 0 Å². The van der Waals surface area contributed by atoms with Crippen LogP contribution in [-0.2, 0) is 5.41 Å². The fourth-order valence-corrected chi connectivity index (χ4v) is 7.55. The molecule has 1 nitrogen and oxygen atoms in total. The molecule has 0 radical (unpaired) electrons. The van der Waals surface area contributed by atoms with Gasteiger partial charge in [0.25, 0.3) is 0 Å². The first kappa shape index (κ1) is 38.8. The van der Waals surface area contributed by atoms with Crippen LogP contribution in [0.3, 0.4) is 0 Å². The molecule has 0 heterocycles. The summed E-state index contributed by atoms with van der Waals surface area (Å²) in [5.74, 6) is 0. The average molecular weight is 740 g/mol. The zero-order valence-corrected chi connectivity index (χ0v) is 34.4. The normalized spacial score (nSPS) is 11.9. The van der Waals surface area contributed by atoms with E-state index in [-0.39, 0.29) is 5.41 Å². The summed E-state index contributed by atoms with van der Waals surface area (Å²) in [4.78, 5) is 2.38. The minimum Gasteiger partial charge on any atom is -0.310 e. The van der Waals surface area contributed by atoms with Crippen LogP contribution in [-0.4, -0.2) is 0 Å². The van der Waals surface area contributed by atoms with Crippen LogP contribution < -0.4 is 4.90 Å². The summed E-state index contributed by atoms with van der Waals surface area (Å²) in [7, 11) is 0. The molecule has 1 aliphatic carbocycles. The maximum atomic E-state index is 2.38. The molecule has 0 aliphatic heterocycles. The van der Waals surface area contributed by atoms with E-state index in [1.54, 1.807) is 0 Å². The van der Waals surface area contributed by atoms with Gasteiger partial charge < -0.3 is 4.90 Å². The lowest BCUT2D eigenvalue weighted by Crippen LogP contribution is -2.15. The topological polar surface area (TPSA) is 3.24 Å². The molecule has 0 spiro atoms. The van der Waals surface area contributed by atoms with E-state index in [0.29, 0.717) is 0 Å². The summed E-state index contributed by atoms with van der Waals surface area (Å²) in [6.07, 6.45) is 0. The zero-order chi connectivity index (χ0) is 39.9. The second-order valence-corrected chi connectivity index (χ2v) is 15.9. The first-order valence-electron chi connectivity index (χ1n) is 20.0. The highest BCUT2D eigenvalue weighted by Crippen LogP contribution is 2.50. The van der Waals surface area contributed by atoms with Crippen LogP contribution in [0.5, 0.6) is 0 Å². The Morgan fingerprint density at radius 3 is 1.09 bits per heavy atom. The number of aryl methyl sites for hydroxylation is 5. The number of anilines is 3. The van der Waals surface area contributed by atoms with Gasteiger partial charge in [0.1, 0.15) is 0 Å². The molecule has 0 amide bonds. The zero-order valence-electron chi connectivity index (χ0n) is 34.4. The third-order valence-corrected chi connectivity index (χ3v) is 11.0. The van der Waals surface area contributed by atoms with Crippen LogP contribution in [0.4, 0.5) is 17.1 Å². The molecule has 0 N–H and O–H groups in total. The van der Waals surface area contributed by atoms with E-state index in [1.165, 1.54) is 72.3 Å². The van der Waals surface area contributed by atoms with Crippen LogP contribution >= 0.6 is 0 Å². The molecule has 0 saturated heterocycles. The smallest absolute Gasteiger partial charge is 0.0468 e. The molecule has 1 heteroatoms. The Morgan fingerprint density at radius 2 is 0.632 bits per heavy atom. The average Bonchev–Trinajstić information content (AvgIpc) is 3.47. The number of nitrogens with zero attached hydrogens (tertiary/aromatic N) is 1. The third kappa shape index (κ3) is 9.01. The predicted octanol–water partition coefficient (Wildman–Crippen LogP) is 15.7. The lowest BCUT2D eigenvalue weighted by molar-refractivity contribution is 0.660. The van der Waals surface area contributed by atoms with Crippen molar-refractivity contribution in [1.82, 2.24) is 0 Å². The number of hydrogen-bond donors (Lipinski definition) is 0. The molecule has 9 rings (SSSR count). The van der Waals surface area contributed by atoms with Gasteiger partial charge in [-0.2, -0.15) is 0 Å². The SMILES string of the molecule is Cc1ccc(-c2ccc(N(c3ccc(-c4ccccc4)cc3)c3ccc4c(c3)-c3ccccc3C4(C)C)cc2)cc1.Cc1ccc(C)cc1.Cc1ccc(C)cc1. The number of fused-ring (bicyclic) bond motifs is 3. The van der Waals surface area contributed by atoms with Gasteiger partial charge in [0.2, 0.25) is 0 Å². The van der Waals surface area contributed by atoms with Gasteiger partial charge in [0, 0.05) is 22.5 Å². The Hall–Kier alpha value is -6.44. The molecule has 0 atom stereocenters. The molecule has 0 unspecified atom stereocenters. The monoisotopic (exact) mass is 739 g/mol.